The Morgan fingerprint density at radius 2 is 0.735 bits per heavy atom. The van der Waals surface area contributed by atoms with Crippen LogP contribution in [-0.2, 0) is 0 Å². The quantitative estimate of drug-likeness (QED) is 0.181. The van der Waals surface area contributed by atoms with Gasteiger partial charge < -0.3 is 0 Å². The first-order chi connectivity index (χ1) is 24.3. The van der Waals surface area contributed by atoms with Crippen molar-refractivity contribution in [2.45, 2.75) is 0 Å². The van der Waals surface area contributed by atoms with Crippen molar-refractivity contribution in [2.24, 2.45) is 0 Å². The maximum Gasteiger partial charge on any atom is 0.165 e. The molecule has 2 heterocycles. The van der Waals surface area contributed by atoms with E-state index in [4.69, 9.17) is 15.0 Å². The first-order valence-corrected chi connectivity index (χ1v) is 17.2. The number of fused-ring (bicyclic) bond motifs is 3. The van der Waals surface area contributed by atoms with Gasteiger partial charge in [0.05, 0.1) is 0 Å². The molecule has 230 valence electrons. The fraction of sp³-hybridized carbons (Fsp3) is 0. The molecule has 9 aromatic rings. The van der Waals surface area contributed by atoms with Gasteiger partial charge in [-0.15, -0.1) is 11.3 Å². The van der Waals surface area contributed by atoms with Crippen molar-refractivity contribution >= 4 is 31.5 Å². The fourth-order valence-corrected chi connectivity index (χ4v) is 7.82. The monoisotopic (exact) mass is 643 g/mol. The van der Waals surface area contributed by atoms with Crippen LogP contribution in [0.5, 0.6) is 0 Å². The molecule has 0 bridgehead atoms. The second-order valence-corrected chi connectivity index (χ2v) is 13.1. The number of benzene rings is 7. The average Bonchev–Trinajstić information content (AvgIpc) is 3.58. The third-order valence-electron chi connectivity index (χ3n) is 8.95. The molecule has 0 saturated heterocycles. The zero-order chi connectivity index (χ0) is 32.6. The summed E-state index contributed by atoms with van der Waals surface area (Å²) in [4.78, 5) is 15.1. The Labute approximate surface area is 288 Å². The Kier molecular flexibility index (Phi) is 7.34. The summed E-state index contributed by atoms with van der Waals surface area (Å²) in [5.74, 6) is 1.99. The topological polar surface area (TPSA) is 38.7 Å². The Morgan fingerprint density at radius 1 is 0.286 bits per heavy atom. The minimum Gasteiger partial charge on any atom is -0.208 e. The predicted molar refractivity (Wildman–Crippen MR) is 205 cm³/mol. The fourth-order valence-electron chi connectivity index (χ4n) is 6.49. The minimum atomic E-state index is 0.660. The van der Waals surface area contributed by atoms with Crippen LogP contribution in [-0.4, -0.2) is 15.0 Å². The van der Waals surface area contributed by atoms with E-state index in [2.05, 4.69) is 115 Å². The van der Waals surface area contributed by atoms with Crippen LogP contribution in [0.2, 0.25) is 0 Å². The van der Waals surface area contributed by atoms with E-state index in [1.54, 1.807) is 0 Å². The molecule has 9 rings (SSSR count). The molecule has 2 aromatic heterocycles. The van der Waals surface area contributed by atoms with Gasteiger partial charge in [0, 0.05) is 42.4 Å². The molecule has 0 radical (unpaired) electrons. The van der Waals surface area contributed by atoms with E-state index < -0.39 is 0 Å². The molecule has 0 N–H and O–H groups in total. The number of nitrogens with zero attached hydrogens (tertiary/aromatic N) is 3. The molecule has 3 nitrogen and oxygen atoms in total. The molecule has 7 aromatic carbocycles. The van der Waals surface area contributed by atoms with E-state index in [1.807, 2.05) is 72.0 Å². The number of hydrogen-bond acceptors (Lipinski definition) is 4. The molecule has 0 aliphatic heterocycles. The number of rotatable bonds is 6. The average molecular weight is 644 g/mol. The molecule has 0 saturated carbocycles. The van der Waals surface area contributed by atoms with Crippen LogP contribution in [0.3, 0.4) is 0 Å². The van der Waals surface area contributed by atoms with Gasteiger partial charge in [-0.25, -0.2) is 15.0 Å². The van der Waals surface area contributed by atoms with Crippen LogP contribution >= 0.6 is 11.3 Å². The standard InChI is InChI=1S/C45H29N3S/c1-5-14-30(15-6-1)32-24-26-33(27-25-32)39-28-36(31-16-7-2-8-17-31)29-40-37-22-13-23-38(41(37)49-42(39)40)45-47-43(34-18-9-3-10-19-34)46-44(48-45)35-20-11-4-12-21-35/h1-29H. The predicted octanol–water partition coefficient (Wildman–Crippen LogP) is 12.2. The Bertz CT molecular complexity index is 2500. The van der Waals surface area contributed by atoms with Gasteiger partial charge in [-0.3, -0.25) is 0 Å². The molecule has 0 spiro atoms. The number of hydrogen-bond donors (Lipinski definition) is 0. The second-order valence-electron chi connectivity index (χ2n) is 12.0. The van der Waals surface area contributed by atoms with Gasteiger partial charge in [0.25, 0.3) is 0 Å². The van der Waals surface area contributed by atoms with Crippen LogP contribution in [0.25, 0.3) is 87.7 Å². The lowest BCUT2D eigenvalue weighted by atomic mass is 9.94. The van der Waals surface area contributed by atoms with Gasteiger partial charge in [-0.1, -0.05) is 158 Å². The highest BCUT2D eigenvalue weighted by molar-refractivity contribution is 7.26. The first kappa shape index (κ1) is 29.0. The van der Waals surface area contributed by atoms with Crippen LogP contribution in [0.15, 0.2) is 176 Å². The van der Waals surface area contributed by atoms with E-state index in [0.717, 1.165) is 21.4 Å². The highest BCUT2D eigenvalue weighted by Crippen LogP contribution is 2.45. The van der Waals surface area contributed by atoms with Gasteiger partial charge in [0.1, 0.15) is 0 Å². The third kappa shape index (κ3) is 5.48. The SMILES string of the molecule is c1ccc(-c2ccc(-c3cc(-c4ccccc4)cc4c3sc3c(-c5nc(-c6ccccc6)nc(-c6ccccc6)n5)cccc34)cc2)cc1. The van der Waals surface area contributed by atoms with Gasteiger partial charge in [-0.2, -0.15) is 0 Å². The molecule has 4 heteroatoms. The molecule has 0 atom stereocenters. The largest absolute Gasteiger partial charge is 0.208 e. The zero-order valence-corrected chi connectivity index (χ0v) is 27.3. The van der Waals surface area contributed by atoms with Crippen molar-refractivity contribution in [3.63, 3.8) is 0 Å². The van der Waals surface area contributed by atoms with E-state index in [1.165, 1.54) is 48.9 Å². The lowest BCUT2D eigenvalue weighted by Crippen LogP contribution is -2.00. The lowest BCUT2D eigenvalue weighted by Gasteiger charge is -2.10. The van der Waals surface area contributed by atoms with Crippen LogP contribution < -0.4 is 0 Å². The molecule has 0 amide bonds. The van der Waals surface area contributed by atoms with E-state index in [-0.39, 0.29) is 0 Å². The van der Waals surface area contributed by atoms with Crippen LogP contribution in [0.4, 0.5) is 0 Å². The maximum absolute atomic E-state index is 5.09. The van der Waals surface area contributed by atoms with Crippen molar-refractivity contribution < 1.29 is 0 Å². The van der Waals surface area contributed by atoms with E-state index >= 15 is 0 Å². The Balaban J connectivity index is 1.27. The maximum atomic E-state index is 5.09. The Hall–Kier alpha value is -6.23. The number of thiophene rings is 1. The van der Waals surface area contributed by atoms with Crippen LogP contribution in [0.1, 0.15) is 0 Å². The van der Waals surface area contributed by atoms with Crippen LogP contribution in [0, 0.1) is 0 Å². The summed E-state index contributed by atoms with van der Waals surface area (Å²) in [6.45, 7) is 0. The normalized spacial score (nSPS) is 11.3. The highest BCUT2D eigenvalue weighted by atomic mass is 32.1. The van der Waals surface area contributed by atoms with Gasteiger partial charge in [0.15, 0.2) is 17.5 Å². The van der Waals surface area contributed by atoms with Gasteiger partial charge in [-0.05, 0) is 46.0 Å². The molecule has 0 aliphatic rings. The molecule has 0 fully saturated rings. The lowest BCUT2D eigenvalue weighted by molar-refractivity contribution is 1.08. The van der Waals surface area contributed by atoms with Crippen molar-refractivity contribution in [3.8, 4) is 67.5 Å². The zero-order valence-electron chi connectivity index (χ0n) is 26.5. The summed E-state index contributed by atoms with van der Waals surface area (Å²) in [6, 6.07) is 61.6. The smallest absolute Gasteiger partial charge is 0.165 e. The summed E-state index contributed by atoms with van der Waals surface area (Å²) in [5, 5.41) is 2.42. The van der Waals surface area contributed by atoms with Crippen molar-refractivity contribution in [1.82, 2.24) is 15.0 Å². The summed E-state index contributed by atoms with van der Waals surface area (Å²) >= 11 is 1.81. The molecule has 49 heavy (non-hydrogen) atoms. The third-order valence-corrected chi connectivity index (χ3v) is 10.2. The number of aromatic nitrogens is 3. The van der Waals surface area contributed by atoms with Gasteiger partial charge >= 0.3 is 0 Å². The summed E-state index contributed by atoms with van der Waals surface area (Å²) in [7, 11) is 0. The summed E-state index contributed by atoms with van der Waals surface area (Å²) in [5.41, 5.74) is 10.1. The summed E-state index contributed by atoms with van der Waals surface area (Å²) < 4.78 is 2.41. The molecule has 0 aliphatic carbocycles. The summed E-state index contributed by atoms with van der Waals surface area (Å²) in [6.07, 6.45) is 0. The molecule has 0 unspecified atom stereocenters. The highest BCUT2D eigenvalue weighted by Gasteiger charge is 2.19. The minimum absolute atomic E-state index is 0.660. The van der Waals surface area contributed by atoms with Gasteiger partial charge in [0.2, 0.25) is 0 Å². The van der Waals surface area contributed by atoms with Crippen molar-refractivity contribution in [1.29, 1.82) is 0 Å². The molecular formula is C45H29N3S. The van der Waals surface area contributed by atoms with E-state index in [9.17, 15) is 0 Å². The Morgan fingerprint density at radius 3 is 1.31 bits per heavy atom. The molecular weight excluding hydrogens is 615 g/mol. The second kappa shape index (κ2) is 12.4. The first-order valence-electron chi connectivity index (χ1n) is 16.4. The van der Waals surface area contributed by atoms with E-state index in [0.29, 0.717) is 17.5 Å². The van der Waals surface area contributed by atoms with Crippen molar-refractivity contribution in [3.05, 3.63) is 176 Å². The van der Waals surface area contributed by atoms with Crippen molar-refractivity contribution in [2.75, 3.05) is 0 Å².